The minimum Gasteiger partial charge on any atom is -0.494 e. The van der Waals surface area contributed by atoms with Crippen molar-refractivity contribution in [1.82, 2.24) is 9.97 Å². The molecular formula is C21H15FN2O3S. The summed E-state index contributed by atoms with van der Waals surface area (Å²) in [7, 11) is 0. The van der Waals surface area contributed by atoms with E-state index in [1.54, 1.807) is 6.20 Å². The number of aromatic carboxylic acids is 1. The summed E-state index contributed by atoms with van der Waals surface area (Å²) >= 11 is 1.41. The van der Waals surface area contributed by atoms with Gasteiger partial charge in [-0.25, -0.2) is 19.2 Å². The summed E-state index contributed by atoms with van der Waals surface area (Å²) < 4.78 is 19.0. The molecule has 7 heteroatoms. The average molecular weight is 394 g/mol. The van der Waals surface area contributed by atoms with E-state index in [9.17, 15) is 14.3 Å². The fourth-order valence-corrected chi connectivity index (χ4v) is 3.77. The molecule has 0 saturated carbocycles. The van der Waals surface area contributed by atoms with Crippen LogP contribution in [0, 0.1) is 5.82 Å². The Morgan fingerprint density at radius 1 is 1.18 bits per heavy atom. The normalized spacial score (nSPS) is 10.9. The monoisotopic (exact) mass is 394 g/mol. The third-order valence-electron chi connectivity index (χ3n) is 4.18. The zero-order valence-electron chi connectivity index (χ0n) is 14.8. The van der Waals surface area contributed by atoms with Crippen LogP contribution in [0.2, 0.25) is 0 Å². The Kier molecular flexibility index (Phi) is 4.75. The summed E-state index contributed by atoms with van der Waals surface area (Å²) in [6.07, 6.45) is 1.73. The second-order valence-electron chi connectivity index (χ2n) is 6.01. The van der Waals surface area contributed by atoms with Gasteiger partial charge in [0, 0.05) is 11.6 Å². The molecule has 0 bridgehead atoms. The second-order valence-corrected chi connectivity index (χ2v) is 7.04. The first-order valence-corrected chi connectivity index (χ1v) is 9.40. The maximum atomic E-state index is 13.5. The molecule has 5 nitrogen and oxygen atoms in total. The number of carbonyl (C=O) groups is 1. The largest absolute Gasteiger partial charge is 0.494 e. The molecule has 0 aliphatic heterocycles. The van der Waals surface area contributed by atoms with Gasteiger partial charge in [0.2, 0.25) is 0 Å². The van der Waals surface area contributed by atoms with Gasteiger partial charge < -0.3 is 9.84 Å². The van der Waals surface area contributed by atoms with E-state index < -0.39 is 11.8 Å². The molecule has 0 amide bonds. The second kappa shape index (κ2) is 7.36. The molecular weight excluding hydrogens is 379 g/mol. The number of halogens is 1. The van der Waals surface area contributed by atoms with E-state index in [2.05, 4.69) is 9.97 Å². The van der Waals surface area contributed by atoms with Crippen LogP contribution in [0.15, 0.2) is 54.7 Å². The fourth-order valence-electron chi connectivity index (χ4n) is 2.89. The molecule has 0 saturated heterocycles. The van der Waals surface area contributed by atoms with Crippen molar-refractivity contribution in [1.29, 1.82) is 0 Å². The van der Waals surface area contributed by atoms with Crippen LogP contribution in [0.4, 0.5) is 4.39 Å². The number of benzene rings is 2. The summed E-state index contributed by atoms with van der Waals surface area (Å²) in [4.78, 5) is 21.4. The topological polar surface area (TPSA) is 72.3 Å². The van der Waals surface area contributed by atoms with Crippen LogP contribution >= 0.6 is 11.3 Å². The van der Waals surface area contributed by atoms with E-state index in [1.165, 1.54) is 35.6 Å². The highest BCUT2D eigenvalue weighted by Gasteiger charge is 2.16. The number of rotatable bonds is 5. The lowest BCUT2D eigenvalue weighted by molar-refractivity contribution is 0.0699. The zero-order chi connectivity index (χ0) is 19.7. The molecule has 0 aliphatic rings. The molecule has 2 aromatic heterocycles. The summed E-state index contributed by atoms with van der Waals surface area (Å²) in [5.41, 5.74) is 1.83. The Morgan fingerprint density at radius 2 is 1.96 bits per heavy atom. The number of carboxylic acids is 1. The maximum absolute atomic E-state index is 13.5. The van der Waals surface area contributed by atoms with E-state index >= 15 is 0 Å². The molecule has 0 unspecified atom stereocenters. The van der Waals surface area contributed by atoms with Crippen molar-refractivity contribution < 1.29 is 19.0 Å². The number of thiazole rings is 1. The van der Waals surface area contributed by atoms with Gasteiger partial charge in [0.15, 0.2) is 0 Å². The number of ether oxygens (including phenoxy) is 1. The van der Waals surface area contributed by atoms with Gasteiger partial charge in [-0.15, -0.1) is 11.3 Å². The van der Waals surface area contributed by atoms with E-state index in [-0.39, 0.29) is 10.9 Å². The van der Waals surface area contributed by atoms with E-state index in [4.69, 9.17) is 4.74 Å². The standard InChI is InChI=1S/C21H15FN2O3S/c1-2-27-14-6-3-12(4-7-14)19-11-23-20(28-19)18-10-16(21(25)26)15-9-13(22)5-8-17(15)24-18/h3-11H,2H2,1H3,(H,25,26). The van der Waals surface area contributed by atoms with Gasteiger partial charge in [-0.2, -0.15) is 0 Å². The number of nitrogens with zero attached hydrogens (tertiary/aromatic N) is 2. The van der Waals surface area contributed by atoms with Crippen LogP contribution in [0.25, 0.3) is 32.0 Å². The first-order valence-electron chi connectivity index (χ1n) is 8.58. The zero-order valence-corrected chi connectivity index (χ0v) is 15.7. The SMILES string of the molecule is CCOc1ccc(-c2cnc(-c3cc(C(=O)O)c4cc(F)ccc4n3)s2)cc1. The van der Waals surface area contributed by atoms with Crippen LogP contribution in [0.1, 0.15) is 17.3 Å². The Morgan fingerprint density at radius 3 is 2.68 bits per heavy atom. The van der Waals surface area contributed by atoms with Gasteiger partial charge in [0.25, 0.3) is 0 Å². The number of pyridine rings is 1. The Labute approximate surface area is 164 Å². The van der Waals surface area contributed by atoms with Gasteiger partial charge in [-0.3, -0.25) is 0 Å². The molecule has 0 aliphatic carbocycles. The van der Waals surface area contributed by atoms with Crippen molar-refractivity contribution in [3.05, 3.63) is 66.1 Å². The highest BCUT2D eigenvalue weighted by molar-refractivity contribution is 7.18. The summed E-state index contributed by atoms with van der Waals surface area (Å²) in [6.45, 7) is 2.53. The first-order chi connectivity index (χ1) is 13.5. The third-order valence-corrected chi connectivity index (χ3v) is 5.24. The molecule has 1 N–H and O–H groups in total. The van der Waals surface area contributed by atoms with Gasteiger partial charge >= 0.3 is 5.97 Å². The number of hydrogen-bond acceptors (Lipinski definition) is 5. The number of aromatic nitrogens is 2. The lowest BCUT2D eigenvalue weighted by Gasteiger charge is -2.05. The van der Waals surface area contributed by atoms with Gasteiger partial charge in [-0.1, -0.05) is 0 Å². The number of hydrogen-bond donors (Lipinski definition) is 1. The first kappa shape index (κ1) is 18.1. The van der Waals surface area contributed by atoms with E-state index in [0.717, 1.165) is 16.2 Å². The third kappa shape index (κ3) is 3.44. The van der Waals surface area contributed by atoms with Crippen LogP contribution in [-0.2, 0) is 0 Å². The molecule has 0 atom stereocenters. The fraction of sp³-hybridized carbons (Fsp3) is 0.0952. The van der Waals surface area contributed by atoms with Gasteiger partial charge in [-0.05, 0) is 61.0 Å². The van der Waals surface area contributed by atoms with Gasteiger partial charge in [0.1, 0.15) is 22.3 Å². The van der Waals surface area contributed by atoms with Crippen molar-refractivity contribution in [2.45, 2.75) is 6.92 Å². The lowest BCUT2D eigenvalue weighted by Crippen LogP contribution is -2.00. The molecule has 0 radical (unpaired) electrons. The van der Waals surface area contributed by atoms with Crippen LogP contribution < -0.4 is 4.74 Å². The van der Waals surface area contributed by atoms with Crippen LogP contribution in [0.5, 0.6) is 5.75 Å². The van der Waals surface area contributed by atoms with Gasteiger partial charge in [0.05, 0.1) is 22.6 Å². The smallest absolute Gasteiger partial charge is 0.336 e. The van der Waals surface area contributed by atoms with Crippen molar-refractivity contribution in [2.24, 2.45) is 0 Å². The van der Waals surface area contributed by atoms with Crippen LogP contribution in [0.3, 0.4) is 0 Å². The molecule has 0 spiro atoms. The maximum Gasteiger partial charge on any atom is 0.336 e. The highest BCUT2D eigenvalue weighted by atomic mass is 32.1. The minimum absolute atomic E-state index is 0.00248. The van der Waals surface area contributed by atoms with E-state index in [0.29, 0.717) is 22.8 Å². The molecule has 140 valence electrons. The minimum atomic E-state index is -1.14. The molecule has 2 heterocycles. The molecule has 4 rings (SSSR count). The highest BCUT2D eigenvalue weighted by Crippen LogP contribution is 2.33. The molecule has 4 aromatic rings. The van der Waals surface area contributed by atoms with Crippen molar-refractivity contribution >= 4 is 28.2 Å². The predicted octanol–water partition coefficient (Wildman–Crippen LogP) is 5.26. The molecule has 0 fully saturated rings. The van der Waals surface area contributed by atoms with Crippen LogP contribution in [-0.4, -0.2) is 27.7 Å². The van der Waals surface area contributed by atoms with Crippen molar-refractivity contribution in [3.8, 4) is 26.9 Å². The summed E-state index contributed by atoms with van der Waals surface area (Å²) in [6, 6.07) is 13.0. The Hall–Kier alpha value is -3.32. The van der Waals surface area contributed by atoms with E-state index in [1.807, 2.05) is 31.2 Å². The number of carboxylic acid groups (broad SMARTS) is 1. The van der Waals surface area contributed by atoms with Crippen molar-refractivity contribution in [3.63, 3.8) is 0 Å². The van der Waals surface area contributed by atoms with Crippen molar-refractivity contribution in [2.75, 3.05) is 6.61 Å². The molecule has 28 heavy (non-hydrogen) atoms. The average Bonchev–Trinajstić information content (AvgIpc) is 3.18. The Balaban J connectivity index is 1.75. The Bertz CT molecular complexity index is 1170. The number of fused-ring (bicyclic) bond motifs is 1. The predicted molar refractivity (Wildman–Crippen MR) is 106 cm³/mol. The quantitative estimate of drug-likeness (QED) is 0.500. The lowest BCUT2D eigenvalue weighted by atomic mass is 10.1. The summed E-state index contributed by atoms with van der Waals surface area (Å²) in [5, 5.41) is 10.4. The molecule has 2 aromatic carbocycles. The summed E-state index contributed by atoms with van der Waals surface area (Å²) in [5.74, 6) is -0.843.